The minimum Gasteiger partial charge on any atom is -0.270 e. The Morgan fingerprint density at radius 2 is 1.78 bits per heavy atom. The molecule has 0 atom stereocenters. The number of rotatable bonds is 8. The molecule has 1 N–H and O–H groups in total. The quantitative estimate of drug-likeness (QED) is 0.459. The molecule has 0 bridgehead atoms. The number of benzene rings is 2. The highest BCUT2D eigenvalue weighted by molar-refractivity contribution is 7.99. The molecule has 0 fully saturated rings. The first-order valence-electron chi connectivity index (χ1n) is 8.31. The summed E-state index contributed by atoms with van der Waals surface area (Å²) in [5.41, 5.74) is 1.63. The number of sulfonamides is 1. The Kier molecular flexibility index (Phi) is 6.25. The number of hydrogen-bond donors (Lipinski definition) is 1. The van der Waals surface area contributed by atoms with Crippen molar-refractivity contribution >= 4 is 21.8 Å². The average Bonchev–Trinajstić information content (AvgIpc) is 3.10. The largest absolute Gasteiger partial charge is 0.270 e. The van der Waals surface area contributed by atoms with Crippen LogP contribution in [0, 0.1) is 5.82 Å². The Hall–Kier alpha value is -2.23. The van der Waals surface area contributed by atoms with Gasteiger partial charge in [-0.15, -0.1) is 10.2 Å². The first-order valence-corrected chi connectivity index (χ1v) is 10.9. The number of nitrogens with zero attached hydrogens (tertiary/aromatic N) is 3. The smallest absolute Gasteiger partial charge is 0.211 e. The molecule has 0 aliphatic heterocycles. The third-order valence-corrected chi connectivity index (χ3v) is 6.31. The maximum atomic E-state index is 13.3. The molecule has 1 aromatic heterocycles. The highest BCUT2D eigenvalue weighted by atomic mass is 32.2. The van der Waals surface area contributed by atoms with E-state index in [4.69, 9.17) is 0 Å². The van der Waals surface area contributed by atoms with E-state index in [0.29, 0.717) is 23.2 Å². The molecule has 0 aliphatic carbocycles. The topological polar surface area (TPSA) is 76.9 Å². The number of aromatic nitrogens is 3. The lowest BCUT2D eigenvalue weighted by atomic mass is 10.2. The first kappa shape index (κ1) is 19.5. The van der Waals surface area contributed by atoms with Crippen molar-refractivity contribution in [2.45, 2.75) is 11.6 Å². The van der Waals surface area contributed by atoms with Crippen molar-refractivity contribution in [3.63, 3.8) is 0 Å². The van der Waals surface area contributed by atoms with Gasteiger partial charge in [-0.25, -0.2) is 17.5 Å². The second-order valence-corrected chi connectivity index (χ2v) is 8.82. The summed E-state index contributed by atoms with van der Waals surface area (Å²) in [4.78, 5) is 0. The third kappa shape index (κ3) is 4.94. The summed E-state index contributed by atoms with van der Waals surface area (Å²) < 4.78 is 40.6. The van der Waals surface area contributed by atoms with Gasteiger partial charge in [-0.1, -0.05) is 42.1 Å². The van der Waals surface area contributed by atoms with Crippen LogP contribution >= 0.6 is 11.8 Å². The zero-order valence-electron chi connectivity index (χ0n) is 14.7. The van der Waals surface area contributed by atoms with E-state index in [9.17, 15) is 12.8 Å². The Morgan fingerprint density at radius 1 is 1.07 bits per heavy atom. The molecule has 3 aromatic rings. The van der Waals surface area contributed by atoms with E-state index in [1.807, 2.05) is 34.9 Å². The Morgan fingerprint density at radius 3 is 2.44 bits per heavy atom. The van der Waals surface area contributed by atoms with E-state index in [0.717, 1.165) is 11.3 Å². The predicted octanol–water partition coefficient (Wildman–Crippen LogP) is 3.10. The molecule has 0 saturated heterocycles. The van der Waals surface area contributed by atoms with Crippen LogP contribution in [-0.2, 0) is 10.0 Å². The highest BCUT2D eigenvalue weighted by Gasteiger charge is 2.16. The van der Waals surface area contributed by atoms with E-state index in [1.54, 1.807) is 12.1 Å². The van der Waals surface area contributed by atoms with Crippen LogP contribution < -0.4 is 4.72 Å². The Balaban J connectivity index is 1.88. The van der Waals surface area contributed by atoms with E-state index >= 15 is 0 Å². The molecule has 27 heavy (non-hydrogen) atoms. The standard InChI is InChI=1S/C18H19FN4O2S2/c1-20-27(24,25)13-5-12-26-18-22-21-17(14-6-3-2-4-7-14)23(18)16-10-8-15(19)9-11-16/h2-4,6-11,20H,5,12-13H2,1H3. The van der Waals surface area contributed by atoms with Crippen LogP contribution in [0.3, 0.4) is 0 Å². The van der Waals surface area contributed by atoms with E-state index in [-0.39, 0.29) is 11.6 Å². The van der Waals surface area contributed by atoms with Gasteiger partial charge in [0, 0.05) is 17.0 Å². The summed E-state index contributed by atoms with van der Waals surface area (Å²) >= 11 is 1.42. The van der Waals surface area contributed by atoms with E-state index in [2.05, 4.69) is 14.9 Å². The fourth-order valence-electron chi connectivity index (χ4n) is 2.47. The number of hydrogen-bond acceptors (Lipinski definition) is 5. The Labute approximate surface area is 161 Å². The normalized spacial score (nSPS) is 11.6. The van der Waals surface area contributed by atoms with Gasteiger partial charge in [0.05, 0.1) is 5.75 Å². The predicted molar refractivity (Wildman–Crippen MR) is 105 cm³/mol. The maximum Gasteiger partial charge on any atom is 0.211 e. The van der Waals surface area contributed by atoms with Crippen LogP contribution in [0.1, 0.15) is 6.42 Å². The van der Waals surface area contributed by atoms with Gasteiger partial charge >= 0.3 is 0 Å². The summed E-state index contributed by atoms with van der Waals surface area (Å²) in [6.45, 7) is 0. The monoisotopic (exact) mass is 406 g/mol. The lowest BCUT2D eigenvalue weighted by Crippen LogP contribution is -2.22. The average molecular weight is 407 g/mol. The summed E-state index contributed by atoms with van der Waals surface area (Å²) in [5, 5.41) is 9.19. The summed E-state index contributed by atoms with van der Waals surface area (Å²) in [5.74, 6) is 0.939. The van der Waals surface area contributed by atoms with Gasteiger partial charge in [-0.05, 0) is 37.7 Å². The van der Waals surface area contributed by atoms with Crippen LogP contribution in [-0.4, -0.2) is 41.7 Å². The molecule has 9 heteroatoms. The molecule has 0 radical (unpaired) electrons. The molecule has 0 spiro atoms. The van der Waals surface area contributed by atoms with Gasteiger partial charge in [0.2, 0.25) is 10.0 Å². The van der Waals surface area contributed by atoms with Crippen molar-refractivity contribution in [1.29, 1.82) is 0 Å². The molecule has 6 nitrogen and oxygen atoms in total. The van der Waals surface area contributed by atoms with Crippen molar-refractivity contribution in [3.8, 4) is 17.1 Å². The SMILES string of the molecule is CNS(=O)(=O)CCCSc1nnc(-c2ccccc2)n1-c1ccc(F)cc1. The van der Waals surface area contributed by atoms with Crippen LogP contribution in [0.2, 0.25) is 0 Å². The van der Waals surface area contributed by atoms with Crippen LogP contribution in [0.4, 0.5) is 4.39 Å². The molecule has 0 aliphatic rings. The van der Waals surface area contributed by atoms with Crippen LogP contribution in [0.5, 0.6) is 0 Å². The first-order chi connectivity index (χ1) is 13.0. The minimum atomic E-state index is -3.23. The number of nitrogens with one attached hydrogen (secondary N) is 1. The zero-order valence-corrected chi connectivity index (χ0v) is 16.3. The summed E-state index contributed by atoms with van der Waals surface area (Å²) in [6.07, 6.45) is 0.477. The van der Waals surface area contributed by atoms with Crippen LogP contribution in [0.25, 0.3) is 17.1 Å². The van der Waals surface area contributed by atoms with Gasteiger partial charge in [-0.3, -0.25) is 4.57 Å². The second kappa shape index (κ2) is 8.64. The van der Waals surface area contributed by atoms with Gasteiger partial charge in [0.15, 0.2) is 11.0 Å². The highest BCUT2D eigenvalue weighted by Crippen LogP contribution is 2.28. The Bertz CT molecular complexity index is 990. The molecule has 3 rings (SSSR count). The van der Waals surface area contributed by atoms with Crippen molar-refractivity contribution in [2.24, 2.45) is 0 Å². The fraction of sp³-hybridized carbons (Fsp3) is 0.222. The van der Waals surface area contributed by atoms with Gasteiger partial charge in [0.1, 0.15) is 5.82 Å². The van der Waals surface area contributed by atoms with Gasteiger partial charge < -0.3 is 0 Å². The lowest BCUT2D eigenvalue weighted by molar-refractivity contribution is 0.587. The second-order valence-electron chi connectivity index (χ2n) is 5.71. The van der Waals surface area contributed by atoms with Gasteiger partial charge in [-0.2, -0.15) is 0 Å². The van der Waals surface area contributed by atoms with Crippen LogP contribution in [0.15, 0.2) is 59.8 Å². The maximum absolute atomic E-state index is 13.3. The molecule has 0 amide bonds. The lowest BCUT2D eigenvalue weighted by Gasteiger charge is -2.10. The zero-order chi connectivity index (χ0) is 19.3. The van der Waals surface area contributed by atoms with Crippen molar-refractivity contribution < 1.29 is 12.8 Å². The summed E-state index contributed by atoms with van der Waals surface area (Å²) in [7, 11) is -1.82. The van der Waals surface area contributed by atoms with Gasteiger partial charge in [0.25, 0.3) is 0 Å². The molecule has 2 aromatic carbocycles. The molecule has 0 saturated carbocycles. The van der Waals surface area contributed by atoms with Crippen molar-refractivity contribution in [1.82, 2.24) is 19.5 Å². The molecule has 1 heterocycles. The fourth-order valence-corrected chi connectivity index (χ4v) is 4.28. The molecular weight excluding hydrogens is 387 g/mol. The number of thioether (sulfide) groups is 1. The molecular formula is C18H19FN4O2S2. The number of halogens is 1. The van der Waals surface area contributed by atoms with Crippen molar-refractivity contribution in [2.75, 3.05) is 18.6 Å². The third-order valence-electron chi connectivity index (χ3n) is 3.85. The molecule has 0 unspecified atom stereocenters. The minimum absolute atomic E-state index is 0.0483. The van der Waals surface area contributed by atoms with Crippen molar-refractivity contribution in [3.05, 3.63) is 60.4 Å². The molecule has 142 valence electrons. The summed E-state index contributed by atoms with van der Waals surface area (Å²) in [6, 6.07) is 15.7. The van der Waals surface area contributed by atoms with E-state index < -0.39 is 10.0 Å². The van der Waals surface area contributed by atoms with E-state index in [1.165, 1.54) is 30.9 Å².